The van der Waals surface area contributed by atoms with E-state index >= 15 is 0 Å². The fraction of sp³-hybridized carbons (Fsp3) is 0.679. The van der Waals surface area contributed by atoms with Gasteiger partial charge < -0.3 is 32.1 Å². The molecule has 3 atom stereocenters. The van der Waals surface area contributed by atoms with Gasteiger partial charge in [-0.05, 0) is 24.8 Å². The second-order valence-electron chi connectivity index (χ2n) is 12.4. The van der Waals surface area contributed by atoms with Gasteiger partial charge in [0.25, 0.3) is 0 Å². The van der Waals surface area contributed by atoms with Gasteiger partial charge in [0.15, 0.2) is 0 Å². The Balaban J connectivity index is 0. The van der Waals surface area contributed by atoms with Crippen molar-refractivity contribution in [3.05, 3.63) is 35.9 Å². The molecule has 8 N–H and O–H groups in total. The van der Waals surface area contributed by atoms with Crippen LogP contribution in [0, 0.1) is 16.2 Å². The summed E-state index contributed by atoms with van der Waals surface area (Å²) in [5, 5.41) is 28.4. The standard InChI is InChI=1S/C14H18F3NO2.2C7H12F3NO2/c1-13(2,14(15,16)17)8-11(12(19)20)18-9-10-6-4-3-5-7-10;2*1-6(2,7(8,9)10)3-4(11)5(12)13/h3-7,11,18H,8-9H2,1-2H3,(H,19,20);2*4H,3,11H2,1-2H3,(H,12,13)/t;2*4-/m.10/s1. The van der Waals surface area contributed by atoms with Crippen molar-refractivity contribution in [1.82, 2.24) is 5.32 Å². The molecule has 46 heavy (non-hydrogen) atoms. The van der Waals surface area contributed by atoms with E-state index < -0.39 is 90.1 Å². The average molecular weight is 688 g/mol. The molecule has 9 nitrogen and oxygen atoms in total. The summed E-state index contributed by atoms with van der Waals surface area (Å²) in [6.07, 6.45) is -15.0. The number of hydrogen-bond donors (Lipinski definition) is 6. The molecule has 1 aromatic rings. The highest BCUT2D eigenvalue weighted by atomic mass is 19.4. The lowest BCUT2D eigenvalue weighted by Crippen LogP contribution is -2.44. The third-order valence-corrected chi connectivity index (χ3v) is 6.80. The molecule has 0 amide bonds. The number of alkyl halides is 9. The second-order valence-corrected chi connectivity index (χ2v) is 12.4. The predicted molar refractivity (Wildman–Crippen MR) is 149 cm³/mol. The van der Waals surface area contributed by atoms with Crippen LogP contribution in [0.4, 0.5) is 39.5 Å². The summed E-state index contributed by atoms with van der Waals surface area (Å²) in [5.74, 6) is -4.12. The molecule has 0 fully saturated rings. The fourth-order valence-corrected chi connectivity index (χ4v) is 3.22. The lowest BCUT2D eigenvalue weighted by molar-refractivity contribution is -0.216. The molecule has 0 spiro atoms. The first-order valence-electron chi connectivity index (χ1n) is 13.5. The molecule has 1 aromatic carbocycles. The number of aliphatic carboxylic acids is 3. The quantitative estimate of drug-likeness (QED) is 0.145. The molecule has 0 aromatic heterocycles. The Kier molecular flexibility index (Phi) is 16.8. The number of rotatable bonds is 12. The maximum absolute atomic E-state index is 12.8. The van der Waals surface area contributed by atoms with Crippen LogP contribution in [0.3, 0.4) is 0 Å². The van der Waals surface area contributed by atoms with Crippen molar-refractivity contribution in [2.75, 3.05) is 0 Å². The smallest absolute Gasteiger partial charge is 0.394 e. The van der Waals surface area contributed by atoms with Gasteiger partial charge in [0.05, 0.1) is 16.2 Å². The van der Waals surface area contributed by atoms with Crippen molar-refractivity contribution in [2.45, 2.75) is 104 Å². The molecule has 0 saturated carbocycles. The van der Waals surface area contributed by atoms with Crippen molar-refractivity contribution < 1.29 is 69.2 Å². The van der Waals surface area contributed by atoms with Crippen LogP contribution in [0.15, 0.2) is 30.3 Å². The van der Waals surface area contributed by atoms with E-state index in [1.54, 1.807) is 24.3 Å². The normalized spacial score (nSPS) is 14.9. The zero-order valence-electron chi connectivity index (χ0n) is 26.1. The maximum atomic E-state index is 12.8. The molecule has 0 aliphatic rings. The Morgan fingerprint density at radius 3 is 1.17 bits per heavy atom. The number of nitrogens with two attached hydrogens (primary N) is 2. The molecule has 1 unspecified atom stereocenters. The zero-order chi connectivity index (χ0) is 37.1. The topological polar surface area (TPSA) is 176 Å². The van der Waals surface area contributed by atoms with Gasteiger partial charge in [-0.3, -0.25) is 14.4 Å². The van der Waals surface area contributed by atoms with Gasteiger partial charge in [0.1, 0.15) is 18.1 Å². The molecule has 0 heterocycles. The molecule has 1 rings (SSSR count). The second kappa shape index (κ2) is 17.2. The van der Waals surface area contributed by atoms with E-state index in [-0.39, 0.29) is 6.54 Å². The first-order valence-corrected chi connectivity index (χ1v) is 13.5. The highest BCUT2D eigenvalue weighted by Crippen LogP contribution is 2.42. The largest absolute Gasteiger partial charge is 0.480 e. The molecular formula is C28H42F9N3O6. The first kappa shape index (κ1) is 45.0. The number of benzene rings is 1. The number of carbonyl (C=O) groups is 3. The monoisotopic (exact) mass is 687 g/mol. The fourth-order valence-electron chi connectivity index (χ4n) is 3.22. The van der Waals surface area contributed by atoms with E-state index in [4.69, 9.17) is 26.8 Å². The minimum atomic E-state index is -4.44. The summed E-state index contributed by atoms with van der Waals surface area (Å²) < 4.78 is 112. The summed E-state index contributed by atoms with van der Waals surface area (Å²) in [6, 6.07) is 4.74. The molecule has 0 saturated heterocycles. The van der Waals surface area contributed by atoms with Gasteiger partial charge in [-0.25, -0.2) is 0 Å². The number of halogens is 9. The van der Waals surface area contributed by atoms with Crippen molar-refractivity contribution in [1.29, 1.82) is 0 Å². The molecule has 0 radical (unpaired) electrons. The van der Waals surface area contributed by atoms with Crippen molar-refractivity contribution >= 4 is 17.9 Å². The Bertz CT molecular complexity index is 1060. The molecule has 268 valence electrons. The first-order chi connectivity index (χ1) is 20.3. The van der Waals surface area contributed by atoms with Crippen LogP contribution in [-0.2, 0) is 20.9 Å². The Labute approximate surface area is 260 Å². The van der Waals surface area contributed by atoms with E-state index in [1.807, 2.05) is 6.07 Å². The Morgan fingerprint density at radius 1 is 0.609 bits per heavy atom. The van der Waals surface area contributed by atoms with Gasteiger partial charge in [-0.2, -0.15) is 39.5 Å². The lowest BCUT2D eigenvalue weighted by atomic mass is 9.85. The molecule has 18 heteroatoms. The van der Waals surface area contributed by atoms with Gasteiger partial charge in [-0.15, -0.1) is 0 Å². The summed E-state index contributed by atoms with van der Waals surface area (Å²) in [7, 11) is 0. The van der Waals surface area contributed by atoms with Crippen molar-refractivity contribution in [2.24, 2.45) is 27.7 Å². The summed E-state index contributed by atoms with van der Waals surface area (Å²) in [6.45, 7) is 5.93. The lowest BCUT2D eigenvalue weighted by Gasteiger charge is -2.30. The zero-order valence-corrected chi connectivity index (χ0v) is 26.1. The minimum Gasteiger partial charge on any atom is -0.480 e. The van der Waals surface area contributed by atoms with Gasteiger partial charge >= 0.3 is 36.4 Å². The summed E-state index contributed by atoms with van der Waals surface area (Å²) in [5.41, 5.74) is 4.64. The van der Waals surface area contributed by atoms with Crippen LogP contribution in [0.1, 0.15) is 66.4 Å². The Hall–Kier alpha value is -3.12. The predicted octanol–water partition coefficient (Wildman–Crippen LogP) is 5.96. The van der Waals surface area contributed by atoms with Crippen molar-refractivity contribution in [3.63, 3.8) is 0 Å². The highest BCUT2D eigenvalue weighted by Gasteiger charge is 2.50. The third-order valence-electron chi connectivity index (χ3n) is 6.80. The molecule has 0 aliphatic carbocycles. The average Bonchev–Trinajstić information content (AvgIpc) is 2.85. The molecule has 0 aliphatic heterocycles. The molecule has 0 bridgehead atoms. The van der Waals surface area contributed by atoms with Crippen LogP contribution in [0.2, 0.25) is 0 Å². The van der Waals surface area contributed by atoms with E-state index in [9.17, 15) is 53.9 Å². The van der Waals surface area contributed by atoms with Crippen molar-refractivity contribution in [3.8, 4) is 0 Å². The van der Waals surface area contributed by atoms with Crippen LogP contribution >= 0.6 is 0 Å². The molecular weight excluding hydrogens is 645 g/mol. The minimum absolute atomic E-state index is 0.214. The number of nitrogens with one attached hydrogen (secondary N) is 1. The number of hydrogen-bond acceptors (Lipinski definition) is 6. The van der Waals surface area contributed by atoms with Gasteiger partial charge in [-0.1, -0.05) is 71.9 Å². The maximum Gasteiger partial charge on any atom is 0.394 e. The number of carboxylic acids is 3. The SMILES string of the molecule is CC(C)(CC(NCc1ccccc1)C(=O)O)C(F)(F)F.CC(C)(C[C@@H](N)C(=O)O)C(F)(F)F.CC(C)(C[C@H](N)C(=O)O)C(F)(F)F. The van der Waals surface area contributed by atoms with Gasteiger partial charge in [0, 0.05) is 6.54 Å². The van der Waals surface area contributed by atoms with E-state index in [1.165, 1.54) is 0 Å². The van der Waals surface area contributed by atoms with Crippen LogP contribution in [0.5, 0.6) is 0 Å². The van der Waals surface area contributed by atoms with Crippen LogP contribution in [-0.4, -0.2) is 69.9 Å². The number of carboxylic acid groups (broad SMARTS) is 3. The highest BCUT2D eigenvalue weighted by molar-refractivity contribution is 5.74. The summed E-state index contributed by atoms with van der Waals surface area (Å²) >= 11 is 0. The summed E-state index contributed by atoms with van der Waals surface area (Å²) in [4.78, 5) is 31.5. The van der Waals surface area contributed by atoms with Crippen LogP contribution in [0.25, 0.3) is 0 Å². The Morgan fingerprint density at radius 2 is 0.913 bits per heavy atom. The van der Waals surface area contributed by atoms with Crippen LogP contribution < -0.4 is 16.8 Å². The van der Waals surface area contributed by atoms with E-state index in [0.29, 0.717) is 0 Å². The van der Waals surface area contributed by atoms with Gasteiger partial charge in [0.2, 0.25) is 0 Å². The van der Waals surface area contributed by atoms with E-state index in [2.05, 4.69) is 5.32 Å². The van der Waals surface area contributed by atoms with E-state index in [0.717, 1.165) is 47.1 Å². The third kappa shape index (κ3) is 15.9.